The normalized spacial score (nSPS) is 15.4. The van der Waals surface area contributed by atoms with Crippen LogP contribution in [0.1, 0.15) is 30.1 Å². The van der Waals surface area contributed by atoms with Crippen LogP contribution in [0.5, 0.6) is 0 Å². The van der Waals surface area contributed by atoms with E-state index in [1.807, 2.05) is 10.7 Å². The van der Waals surface area contributed by atoms with Gasteiger partial charge in [0.25, 0.3) is 0 Å². The second-order valence-electron chi connectivity index (χ2n) is 4.16. The first kappa shape index (κ1) is 9.96. The maximum absolute atomic E-state index is 4.09. The molecule has 0 amide bonds. The van der Waals surface area contributed by atoms with Gasteiger partial charge in [0.05, 0.1) is 5.69 Å². The predicted octanol–water partition coefficient (Wildman–Crippen LogP) is 2.61. The van der Waals surface area contributed by atoms with Crippen molar-refractivity contribution in [2.24, 2.45) is 0 Å². The maximum Gasteiger partial charge on any atom is 0.159 e. The van der Waals surface area contributed by atoms with Gasteiger partial charge in [0.1, 0.15) is 0 Å². The standard InChI is InChI=1S/C11H11BrN4/c1-7-2-5-9(6-10(7)12)16-11(8-3-4-8)13-14-15-16/h2,5-6,8H,3-4H2,1H3. The van der Waals surface area contributed by atoms with Gasteiger partial charge in [-0.3, -0.25) is 0 Å². The summed E-state index contributed by atoms with van der Waals surface area (Å²) in [5, 5.41) is 11.9. The van der Waals surface area contributed by atoms with E-state index >= 15 is 0 Å². The minimum Gasteiger partial charge on any atom is -0.197 e. The minimum atomic E-state index is 0.551. The predicted molar refractivity (Wildman–Crippen MR) is 63.6 cm³/mol. The summed E-state index contributed by atoms with van der Waals surface area (Å²) in [6.45, 7) is 2.06. The van der Waals surface area contributed by atoms with E-state index in [-0.39, 0.29) is 0 Å². The molecule has 1 heterocycles. The fourth-order valence-electron chi connectivity index (χ4n) is 1.69. The van der Waals surface area contributed by atoms with Gasteiger partial charge in [-0.05, 0) is 47.9 Å². The Kier molecular flexibility index (Phi) is 2.28. The van der Waals surface area contributed by atoms with Gasteiger partial charge in [0, 0.05) is 10.4 Å². The molecule has 82 valence electrons. The van der Waals surface area contributed by atoms with Crippen LogP contribution in [-0.4, -0.2) is 20.2 Å². The molecule has 2 aromatic rings. The summed E-state index contributed by atoms with van der Waals surface area (Å²) in [6, 6.07) is 6.16. The van der Waals surface area contributed by atoms with E-state index < -0.39 is 0 Å². The lowest BCUT2D eigenvalue weighted by Crippen LogP contribution is -2.02. The highest BCUT2D eigenvalue weighted by Crippen LogP contribution is 2.39. The molecule has 1 saturated carbocycles. The molecule has 0 unspecified atom stereocenters. The van der Waals surface area contributed by atoms with Gasteiger partial charge in [-0.1, -0.05) is 22.0 Å². The van der Waals surface area contributed by atoms with E-state index in [0.29, 0.717) is 5.92 Å². The number of tetrazole rings is 1. The SMILES string of the molecule is Cc1ccc(-n2nnnc2C2CC2)cc1Br. The van der Waals surface area contributed by atoms with E-state index in [0.717, 1.165) is 16.0 Å². The van der Waals surface area contributed by atoms with Gasteiger partial charge < -0.3 is 0 Å². The van der Waals surface area contributed by atoms with E-state index in [4.69, 9.17) is 0 Å². The zero-order chi connectivity index (χ0) is 11.1. The number of nitrogens with zero attached hydrogens (tertiary/aromatic N) is 4. The molecule has 1 aliphatic carbocycles. The van der Waals surface area contributed by atoms with E-state index in [1.165, 1.54) is 18.4 Å². The number of hydrogen-bond acceptors (Lipinski definition) is 3. The van der Waals surface area contributed by atoms with Gasteiger partial charge in [-0.25, -0.2) is 0 Å². The van der Waals surface area contributed by atoms with Crippen LogP contribution in [0.4, 0.5) is 0 Å². The second-order valence-corrected chi connectivity index (χ2v) is 5.01. The Bertz CT molecular complexity index is 531. The van der Waals surface area contributed by atoms with Crippen LogP contribution in [0.15, 0.2) is 22.7 Å². The summed E-state index contributed by atoms with van der Waals surface area (Å²) in [6.07, 6.45) is 2.40. The highest BCUT2D eigenvalue weighted by molar-refractivity contribution is 9.10. The van der Waals surface area contributed by atoms with Gasteiger partial charge in [-0.2, -0.15) is 4.68 Å². The lowest BCUT2D eigenvalue weighted by molar-refractivity contribution is 0.762. The molecule has 0 N–H and O–H groups in total. The topological polar surface area (TPSA) is 43.6 Å². The Balaban J connectivity index is 2.07. The molecule has 0 saturated heterocycles. The monoisotopic (exact) mass is 278 g/mol. The first-order valence-electron chi connectivity index (χ1n) is 5.30. The first-order chi connectivity index (χ1) is 7.75. The summed E-state index contributed by atoms with van der Waals surface area (Å²) in [5.74, 6) is 1.53. The number of benzene rings is 1. The van der Waals surface area contributed by atoms with Crippen LogP contribution in [0.2, 0.25) is 0 Å². The average molecular weight is 279 g/mol. The van der Waals surface area contributed by atoms with Gasteiger partial charge >= 0.3 is 0 Å². The third-order valence-electron chi connectivity index (χ3n) is 2.84. The van der Waals surface area contributed by atoms with Crippen molar-refractivity contribution in [2.45, 2.75) is 25.7 Å². The molecular formula is C11H11BrN4. The van der Waals surface area contributed by atoms with E-state index in [2.05, 4.69) is 50.5 Å². The molecule has 0 bridgehead atoms. The Morgan fingerprint density at radius 2 is 2.19 bits per heavy atom. The van der Waals surface area contributed by atoms with Crippen LogP contribution in [-0.2, 0) is 0 Å². The molecule has 16 heavy (non-hydrogen) atoms. The average Bonchev–Trinajstić information content (AvgIpc) is 3.01. The smallest absolute Gasteiger partial charge is 0.159 e. The Hall–Kier alpha value is -1.23. The highest BCUT2D eigenvalue weighted by Gasteiger charge is 2.29. The van der Waals surface area contributed by atoms with E-state index in [9.17, 15) is 0 Å². The van der Waals surface area contributed by atoms with Crippen molar-refractivity contribution < 1.29 is 0 Å². The number of aromatic nitrogens is 4. The zero-order valence-corrected chi connectivity index (χ0v) is 10.5. The van der Waals surface area contributed by atoms with Crippen molar-refractivity contribution >= 4 is 15.9 Å². The molecule has 4 nitrogen and oxygen atoms in total. The molecule has 0 aliphatic heterocycles. The summed E-state index contributed by atoms with van der Waals surface area (Å²) in [5.41, 5.74) is 2.23. The number of hydrogen-bond donors (Lipinski definition) is 0. The highest BCUT2D eigenvalue weighted by atomic mass is 79.9. The van der Waals surface area contributed by atoms with E-state index in [1.54, 1.807) is 0 Å². The van der Waals surface area contributed by atoms with Gasteiger partial charge in [-0.15, -0.1) is 5.10 Å². The van der Waals surface area contributed by atoms with Crippen molar-refractivity contribution in [3.63, 3.8) is 0 Å². The quantitative estimate of drug-likeness (QED) is 0.848. The van der Waals surface area contributed by atoms with Crippen molar-refractivity contribution in [3.05, 3.63) is 34.1 Å². The van der Waals surface area contributed by atoms with Crippen molar-refractivity contribution in [3.8, 4) is 5.69 Å². The summed E-state index contributed by atoms with van der Waals surface area (Å²) in [4.78, 5) is 0. The fraction of sp³-hybridized carbons (Fsp3) is 0.364. The molecule has 0 radical (unpaired) electrons. The lowest BCUT2D eigenvalue weighted by Gasteiger charge is -2.05. The third kappa shape index (κ3) is 1.65. The van der Waals surface area contributed by atoms with Crippen LogP contribution in [0.25, 0.3) is 5.69 Å². The molecule has 5 heteroatoms. The molecule has 1 aromatic carbocycles. The largest absolute Gasteiger partial charge is 0.197 e. The van der Waals surface area contributed by atoms with Crippen LogP contribution in [0, 0.1) is 6.92 Å². The molecular weight excluding hydrogens is 268 g/mol. The molecule has 3 rings (SSSR count). The molecule has 1 aliphatic rings. The van der Waals surface area contributed by atoms with Gasteiger partial charge in [0.15, 0.2) is 5.82 Å². The van der Waals surface area contributed by atoms with Crippen molar-refractivity contribution in [1.29, 1.82) is 0 Å². The van der Waals surface area contributed by atoms with Gasteiger partial charge in [0.2, 0.25) is 0 Å². The second kappa shape index (κ2) is 3.66. The number of rotatable bonds is 2. The van der Waals surface area contributed by atoms with Crippen LogP contribution >= 0.6 is 15.9 Å². The molecule has 1 fully saturated rings. The Morgan fingerprint density at radius 3 is 2.88 bits per heavy atom. The molecule has 0 spiro atoms. The van der Waals surface area contributed by atoms with Crippen LogP contribution < -0.4 is 0 Å². The molecule has 0 atom stereocenters. The van der Waals surface area contributed by atoms with Crippen molar-refractivity contribution in [2.75, 3.05) is 0 Å². The number of halogens is 1. The summed E-state index contributed by atoms with van der Waals surface area (Å²) >= 11 is 3.53. The minimum absolute atomic E-state index is 0.551. The maximum atomic E-state index is 4.09. The van der Waals surface area contributed by atoms with Crippen molar-refractivity contribution in [1.82, 2.24) is 20.2 Å². The number of aryl methyl sites for hydroxylation is 1. The summed E-state index contributed by atoms with van der Waals surface area (Å²) in [7, 11) is 0. The fourth-order valence-corrected chi connectivity index (χ4v) is 2.05. The third-order valence-corrected chi connectivity index (χ3v) is 3.69. The lowest BCUT2D eigenvalue weighted by atomic mass is 10.2. The Labute approximate surface area is 102 Å². The molecule has 1 aromatic heterocycles. The first-order valence-corrected chi connectivity index (χ1v) is 6.10. The van der Waals surface area contributed by atoms with Crippen LogP contribution in [0.3, 0.4) is 0 Å². The Morgan fingerprint density at radius 1 is 1.38 bits per heavy atom. The zero-order valence-electron chi connectivity index (χ0n) is 8.89. The summed E-state index contributed by atoms with van der Waals surface area (Å²) < 4.78 is 2.92.